The number of nitrogens with zero attached hydrogens (tertiary/aromatic N) is 4. The first kappa shape index (κ1) is 21.4. The molecule has 0 saturated heterocycles. The van der Waals surface area contributed by atoms with E-state index in [0.29, 0.717) is 33.7 Å². The van der Waals surface area contributed by atoms with Crippen LogP contribution in [0.4, 0.5) is 0 Å². The van der Waals surface area contributed by atoms with Crippen LogP contribution in [0.25, 0.3) is 22.8 Å². The number of thioether (sulfide) groups is 1. The molecule has 2 heterocycles. The zero-order valence-electron chi connectivity index (χ0n) is 17.8. The Morgan fingerprint density at radius 3 is 2.53 bits per heavy atom. The van der Waals surface area contributed by atoms with Crippen LogP contribution in [0.5, 0.6) is 11.5 Å². The van der Waals surface area contributed by atoms with Crippen LogP contribution in [0.1, 0.15) is 15.9 Å². The monoisotopic (exact) mass is 450 g/mol. The number of hydrogen-bond acceptors (Lipinski definition) is 8. The normalized spacial score (nSPS) is 10.8. The fourth-order valence-corrected chi connectivity index (χ4v) is 3.84. The van der Waals surface area contributed by atoms with Crippen molar-refractivity contribution in [1.29, 1.82) is 0 Å². The van der Waals surface area contributed by atoms with Gasteiger partial charge in [0.15, 0.2) is 17.3 Å². The van der Waals surface area contributed by atoms with Gasteiger partial charge in [0.1, 0.15) is 5.69 Å². The summed E-state index contributed by atoms with van der Waals surface area (Å²) in [7, 11) is 3.07. The molecule has 0 aliphatic carbocycles. The van der Waals surface area contributed by atoms with Gasteiger partial charge in [-0.2, -0.15) is 5.10 Å². The van der Waals surface area contributed by atoms with E-state index >= 15 is 0 Å². The largest absolute Gasteiger partial charge is 0.493 e. The molecule has 0 saturated carbocycles. The number of nitrogens with two attached hydrogens (primary N) is 1. The van der Waals surface area contributed by atoms with Gasteiger partial charge in [-0.3, -0.25) is 9.89 Å². The van der Waals surface area contributed by atoms with Crippen molar-refractivity contribution in [2.45, 2.75) is 12.1 Å². The second-order valence-corrected chi connectivity index (χ2v) is 7.93. The second-order valence-electron chi connectivity index (χ2n) is 6.99. The molecule has 0 atom stereocenters. The fraction of sp³-hybridized carbons (Fsp3) is 0.182. The van der Waals surface area contributed by atoms with Gasteiger partial charge in [-0.05, 0) is 31.2 Å². The predicted molar refractivity (Wildman–Crippen MR) is 123 cm³/mol. The number of carbonyl (C=O) groups is 1. The van der Waals surface area contributed by atoms with Crippen molar-refractivity contribution in [3.8, 4) is 34.3 Å². The maximum Gasteiger partial charge on any atom is 0.210 e. The van der Waals surface area contributed by atoms with Crippen LogP contribution < -0.4 is 15.3 Å². The van der Waals surface area contributed by atoms with Crippen LogP contribution in [-0.2, 0) is 0 Å². The van der Waals surface area contributed by atoms with E-state index in [-0.39, 0.29) is 11.5 Å². The van der Waals surface area contributed by atoms with Crippen molar-refractivity contribution >= 4 is 17.5 Å². The second kappa shape index (κ2) is 9.15. The Labute approximate surface area is 188 Å². The van der Waals surface area contributed by atoms with Gasteiger partial charge in [-0.15, -0.1) is 10.2 Å². The highest BCUT2D eigenvalue weighted by Crippen LogP contribution is 2.29. The standard InChI is InChI=1S/C22H22N6O3S/c1-13-4-6-14(7-5-13)16-11-17(25-24-16)21-26-27-22(28(21)23)32-12-18(29)15-8-9-19(30-2)20(10-15)31-3/h4-11H,12,23H2,1-3H3,(H,24,25). The third-order valence-electron chi connectivity index (χ3n) is 4.87. The molecule has 0 bridgehead atoms. The molecule has 0 aliphatic heterocycles. The summed E-state index contributed by atoms with van der Waals surface area (Å²) in [6.07, 6.45) is 0. The van der Waals surface area contributed by atoms with Crippen LogP contribution in [0.2, 0.25) is 0 Å². The number of Topliss-reactive ketones (excluding diaryl/α,β-unsaturated/α-hetero) is 1. The molecule has 0 aliphatic rings. The number of hydrogen-bond donors (Lipinski definition) is 2. The predicted octanol–water partition coefficient (Wildman–Crippen LogP) is 3.35. The number of nitrogens with one attached hydrogen (secondary N) is 1. The molecule has 0 radical (unpaired) electrons. The molecule has 9 nitrogen and oxygen atoms in total. The highest BCUT2D eigenvalue weighted by molar-refractivity contribution is 7.99. The lowest BCUT2D eigenvalue weighted by atomic mass is 10.1. The molecular weight excluding hydrogens is 428 g/mol. The molecule has 0 fully saturated rings. The van der Waals surface area contributed by atoms with Crippen LogP contribution in [0.15, 0.2) is 53.7 Å². The summed E-state index contributed by atoms with van der Waals surface area (Å²) in [6.45, 7) is 2.03. The Balaban J connectivity index is 1.47. The zero-order chi connectivity index (χ0) is 22.7. The van der Waals surface area contributed by atoms with Crippen molar-refractivity contribution in [2.75, 3.05) is 25.8 Å². The summed E-state index contributed by atoms with van der Waals surface area (Å²) in [5.41, 5.74) is 4.08. The third kappa shape index (κ3) is 4.30. The summed E-state index contributed by atoms with van der Waals surface area (Å²) >= 11 is 1.20. The minimum absolute atomic E-state index is 0.0938. The number of ether oxygens (including phenoxy) is 2. The Bertz CT molecular complexity index is 1250. The number of carbonyl (C=O) groups excluding carboxylic acids is 1. The van der Waals surface area contributed by atoms with Crippen LogP contribution in [-0.4, -0.2) is 50.8 Å². The van der Waals surface area contributed by atoms with Gasteiger partial charge in [-0.1, -0.05) is 41.6 Å². The van der Waals surface area contributed by atoms with E-state index in [1.165, 1.54) is 29.1 Å². The van der Waals surface area contributed by atoms with E-state index in [1.807, 2.05) is 37.3 Å². The van der Waals surface area contributed by atoms with Crippen molar-refractivity contribution in [1.82, 2.24) is 25.1 Å². The number of aromatic nitrogens is 5. The molecule has 10 heteroatoms. The average molecular weight is 451 g/mol. The zero-order valence-corrected chi connectivity index (χ0v) is 18.6. The van der Waals surface area contributed by atoms with Gasteiger partial charge in [0, 0.05) is 11.1 Å². The number of rotatable bonds is 8. The summed E-state index contributed by atoms with van der Waals surface area (Å²) < 4.78 is 11.8. The van der Waals surface area contributed by atoms with E-state index in [2.05, 4.69) is 20.4 Å². The minimum Gasteiger partial charge on any atom is -0.493 e. The maximum absolute atomic E-state index is 12.6. The van der Waals surface area contributed by atoms with E-state index < -0.39 is 0 Å². The molecule has 164 valence electrons. The topological polar surface area (TPSA) is 121 Å². The van der Waals surface area contributed by atoms with Crippen LogP contribution in [0, 0.1) is 6.92 Å². The summed E-state index contributed by atoms with van der Waals surface area (Å²) in [5.74, 6) is 7.72. The number of methoxy groups -OCH3 is 2. The van der Waals surface area contributed by atoms with Gasteiger partial charge in [0.05, 0.1) is 25.7 Å². The van der Waals surface area contributed by atoms with Crippen molar-refractivity contribution in [2.24, 2.45) is 0 Å². The van der Waals surface area contributed by atoms with Crippen molar-refractivity contribution < 1.29 is 14.3 Å². The minimum atomic E-state index is -0.0938. The van der Waals surface area contributed by atoms with E-state index in [1.54, 1.807) is 25.3 Å². The summed E-state index contributed by atoms with van der Waals surface area (Å²) in [6, 6.07) is 15.0. The number of ketones is 1. The average Bonchev–Trinajstić information content (AvgIpc) is 3.44. The Hall–Kier alpha value is -3.79. The first-order chi connectivity index (χ1) is 15.5. The quantitative estimate of drug-likeness (QED) is 0.238. The Kier molecular flexibility index (Phi) is 6.13. The molecule has 32 heavy (non-hydrogen) atoms. The lowest BCUT2D eigenvalue weighted by Crippen LogP contribution is -2.13. The SMILES string of the molecule is COc1ccc(C(=O)CSc2nnc(-c3cc(-c4ccc(C)cc4)n[nH]3)n2N)cc1OC. The van der Waals surface area contributed by atoms with Gasteiger partial charge >= 0.3 is 0 Å². The first-order valence-electron chi connectivity index (χ1n) is 9.71. The number of aryl methyl sites for hydroxylation is 1. The molecular formula is C22H22N6O3S. The molecule has 0 spiro atoms. The van der Waals surface area contributed by atoms with Crippen LogP contribution >= 0.6 is 11.8 Å². The number of nitrogen functional groups attached to an aromatic ring is 1. The van der Waals surface area contributed by atoms with E-state index in [4.69, 9.17) is 15.3 Å². The molecule has 2 aromatic carbocycles. The van der Waals surface area contributed by atoms with Crippen molar-refractivity contribution in [3.63, 3.8) is 0 Å². The lowest BCUT2D eigenvalue weighted by Gasteiger charge is -2.09. The Morgan fingerprint density at radius 1 is 1.06 bits per heavy atom. The number of benzene rings is 2. The maximum atomic E-state index is 12.6. The number of H-pyrrole nitrogens is 1. The highest BCUT2D eigenvalue weighted by Gasteiger charge is 2.17. The van der Waals surface area contributed by atoms with E-state index in [9.17, 15) is 4.79 Å². The Morgan fingerprint density at radius 2 is 1.81 bits per heavy atom. The van der Waals surface area contributed by atoms with E-state index in [0.717, 1.165) is 11.3 Å². The van der Waals surface area contributed by atoms with Gasteiger partial charge < -0.3 is 15.3 Å². The van der Waals surface area contributed by atoms with Gasteiger partial charge in [-0.25, -0.2) is 4.68 Å². The van der Waals surface area contributed by atoms with Gasteiger partial charge in [0.25, 0.3) is 0 Å². The van der Waals surface area contributed by atoms with Gasteiger partial charge in [0.2, 0.25) is 11.0 Å². The smallest absolute Gasteiger partial charge is 0.210 e. The molecule has 4 aromatic rings. The molecule has 2 aromatic heterocycles. The summed E-state index contributed by atoms with van der Waals surface area (Å²) in [5, 5.41) is 16.0. The van der Waals surface area contributed by atoms with Crippen LogP contribution in [0.3, 0.4) is 0 Å². The number of aromatic amines is 1. The molecule has 4 rings (SSSR count). The summed E-state index contributed by atoms with van der Waals surface area (Å²) in [4.78, 5) is 12.6. The molecule has 3 N–H and O–H groups in total. The highest BCUT2D eigenvalue weighted by atomic mass is 32.2. The van der Waals surface area contributed by atoms with Crippen molar-refractivity contribution in [3.05, 3.63) is 59.7 Å². The fourth-order valence-electron chi connectivity index (χ4n) is 3.09. The molecule has 0 unspecified atom stereocenters. The first-order valence-corrected chi connectivity index (χ1v) is 10.7. The molecule has 0 amide bonds. The lowest BCUT2D eigenvalue weighted by molar-refractivity contribution is 0.102. The third-order valence-corrected chi connectivity index (χ3v) is 5.81.